The summed E-state index contributed by atoms with van der Waals surface area (Å²) in [5.41, 5.74) is 5.52. The second-order valence-corrected chi connectivity index (χ2v) is 10.6. The molecule has 1 unspecified atom stereocenters. The number of rotatable bonds is 11. The molecule has 4 rings (SSSR count). The normalized spacial score (nSPS) is 15.1. The molecule has 0 aliphatic heterocycles. The van der Waals surface area contributed by atoms with E-state index in [1.165, 1.54) is 22.8 Å². The van der Waals surface area contributed by atoms with Gasteiger partial charge in [0.2, 0.25) is 0 Å². The monoisotopic (exact) mass is 520 g/mol. The standard InChI is InChI=1S/C32H41FN2O3/c1-21(2)35(22(3)4)15-16-38-32-14-10-26(19-30(32)33)34-31-20-28(37-6)12-13-29(31)25-8-7-24-18-27(36-5)11-9-23(24)17-25/h9-14,18-22,25,34H,7-8,15-17H2,1-6H3. The SMILES string of the molecule is COc1ccc2c(c1)CCC(c1ccc(OC)cc1Nc1ccc(OCCN(C(C)C)C(C)C)c(F)c1)C2. The average molecular weight is 521 g/mol. The van der Waals surface area contributed by atoms with Crippen LogP contribution in [0.15, 0.2) is 54.6 Å². The van der Waals surface area contributed by atoms with Crippen LogP contribution in [-0.2, 0) is 12.8 Å². The van der Waals surface area contributed by atoms with Crippen LogP contribution in [0.2, 0.25) is 0 Å². The van der Waals surface area contributed by atoms with E-state index in [4.69, 9.17) is 14.2 Å². The minimum atomic E-state index is -0.374. The molecule has 1 atom stereocenters. The molecule has 0 radical (unpaired) electrons. The average Bonchev–Trinajstić information content (AvgIpc) is 2.91. The number of methoxy groups -OCH3 is 2. The fourth-order valence-corrected chi connectivity index (χ4v) is 5.48. The molecule has 1 N–H and O–H groups in total. The van der Waals surface area contributed by atoms with Gasteiger partial charge in [-0.3, -0.25) is 4.90 Å². The Labute approximate surface area is 226 Å². The van der Waals surface area contributed by atoms with Crippen molar-refractivity contribution in [3.63, 3.8) is 0 Å². The number of fused-ring (bicyclic) bond motifs is 1. The van der Waals surface area contributed by atoms with Gasteiger partial charge in [0, 0.05) is 42.1 Å². The van der Waals surface area contributed by atoms with Crippen LogP contribution in [0.3, 0.4) is 0 Å². The van der Waals surface area contributed by atoms with Gasteiger partial charge in [0.15, 0.2) is 11.6 Å². The highest BCUT2D eigenvalue weighted by Crippen LogP contribution is 2.39. The first-order valence-corrected chi connectivity index (χ1v) is 13.6. The lowest BCUT2D eigenvalue weighted by atomic mass is 9.79. The number of anilines is 2. The second-order valence-electron chi connectivity index (χ2n) is 10.6. The highest BCUT2D eigenvalue weighted by atomic mass is 19.1. The molecule has 0 heterocycles. The van der Waals surface area contributed by atoms with Crippen LogP contribution in [0.25, 0.3) is 0 Å². The van der Waals surface area contributed by atoms with Crippen LogP contribution >= 0.6 is 0 Å². The minimum absolute atomic E-state index is 0.271. The summed E-state index contributed by atoms with van der Waals surface area (Å²) in [7, 11) is 3.37. The topological polar surface area (TPSA) is 43.0 Å². The van der Waals surface area contributed by atoms with Crippen molar-refractivity contribution in [2.75, 3.05) is 32.7 Å². The summed E-state index contributed by atoms with van der Waals surface area (Å²) < 4.78 is 31.7. The highest BCUT2D eigenvalue weighted by molar-refractivity contribution is 5.67. The van der Waals surface area contributed by atoms with E-state index in [0.717, 1.165) is 43.0 Å². The predicted octanol–water partition coefficient (Wildman–Crippen LogP) is 7.36. The maximum atomic E-state index is 15.0. The third kappa shape index (κ3) is 6.60. The van der Waals surface area contributed by atoms with Gasteiger partial charge in [-0.05, 0) is 99.9 Å². The maximum Gasteiger partial charge on any atom is 0.167 e. The number of hydrogen-bond donors (Lipinski definition) is 1. The Morgan fingerprint density at radius 3 is 2.29 bits per heavy atom. The van der Waals surface area contributed by atoms with Crippen molar-refractivity contribution in [1.82, 2.24) is 4.90 Å². The zero-order valence-electron chi connectivity index (χ0n) is 23.5. The zero-order valence-corrected chi connectivity index (χ0v) is 23.5. The van der Waals surface area contributed by atoms with Crippen LogP contribution in [0.1, 0.15) is 56.7 Å². The third-order valence-corrected chi connectivity index (χ3v) is 7.49. The van der Waals surface area contributed by atoms with Crippen LogP contribution < -0.4 is 19.5 Å². The van der Waals surface area contributed by atoms with Gasteiger partial charge >= 0.3 is 0 Å². The molecule has 0 aromatic heterocycles. The van der Waals surface area contributed by atoms with Gasteiger partial charge in [0.05, 0.1) is 14.2 Å². The van der Waals surface area contributed by atoms with E-state index in [9.17, 15) is 0 Å². The molecule has 0 amide bonds. The first-order chi connectivity index (χ1) is 18.3. The van der Waals surface area contributed by atoms with Crippen molar-refractivity contribution in [1.29, 1.82) is 0 Å². The van der Waals surface area contributed by atoms with E-state index in [1.54, 1.807) is 20.3 Å². The Hall–Kier alpha value is -3.25. The summed E-state index contributed by atoms with van der Waals surface area (Å²) >= 11 is 0. The van der Waals surface area contributed by atoms with Crippen LogP contribution in [0.4, 0.5) is 15.8 Å². The molecule has 204 valence electrons. The summed E-state index contributed by atoms with van der Waals surface area (Å²) in [6.45, 7) is 9.84. The Bertz CT molecular complexity index is 1220. The van der Waals surface area contributed by atoms with E-state index in [0.29, 0.717) is 30.3 Å². The molecule has 0 spiro atoms. The summed E-state index contributed by atoms with van der Waals surface area (Å²) in [6, 6.07) is 18.4. The van der Waals surface area contributed by atoms with Crippen molar-refractivity contribution >= 4 is 11.4 Å². The lowest BCUT2D eigenvalue weighted by Crippen LogP contribution is -2.39. The van der Waals surface area contributed by atoms with Crippen molar-refractivity contribution in [3.05, 3.63) is 77.1 Å². The van der Waals surface area contributed by atoms with Crippen LogP contribution in [0, 0.1) is 5.82 Å². The van der Waals surface area contributed by atoms with E-state index >= 15 is 4.39 Å². The van der Waals surface area contributed by atoms with Gasteiger partial charge in [0.25, 0.3) is 0 Å². The Balaban J connectivity index is 1.49. The lowest BCUT2D eigenvalue weighted by Gasteiger charge is -2.30. The molecule has 6 heteroatoms. The van der Waals surface area contributed by atoms with Crippen molar-refractivity contribution in [3.8, 4) is 17.2 Å². The zero-order chi connectivity index (χ0) is 27.2. The Morgan fingerprint density at radius 2 is 1.61 bits per heavy atom. The van der Waals surface area contributed by atoms with Gasteiger partial charge in [-0.2, -0.15) is 0 Å². The van der Waals surface area contributed by atoms with Crippen molar-refractivity contribution < 1.29 is 18.6 Å². The molecule has 3 aromatic rings. The molecule has 0 fully saturated rings. The van der Waals surface area contributed by atoms with Crippen molar-refractivity contribution in [2.24, 2.45) is 0 Å². The molecule has 1 aliphatic carbocycles. The Kier molecular flexibility index (Phi) is 9.16. The van der Waals surface area contributed by atoms with E-state index < -0.39 is 0 Å². The minimum Gasteiger partial charge on any atom is -0.497 e. The highest BCUT2D eigenvalue weighted by Gasteiger charge is 2.23. The number of benzene rings is 3. The van der Waals surface area contributed by atoms with E-state index in [2.05, 4.69) is 56.1 Å². The van der Waals surface area contributed by atoms with Gasteiger partial charge in [0.1, 0.15) is 18.1 Å². The quantitative estimate of drug-likeness (QED) is 0.286. The molecule has 0 saturated heterocycles. The summed E-state index contributed by atoms with van der Waals surface area (Å²) in [5, 5.41) is 3.46. The smallest absolute Gasteiger partial charge is 0.167 e. The fourth-order valence-electron chi connectivity index (χ4n) is 5.48. The molecule has 5 nitrogen and oxygen atoms in total. The largest absolute Gasteiger partial charge is 0.497 e. The molecule has 1 aliphatic rings. The van der Waals surface area contributed by atoms with E-state index in [1.807, 2.05) is 24.3 Å². The molecule has 38 heavy (non-hydrogen) atoms. The molecular formula is C32H41FN2O3. The van der Waals surface area contributed by atoms with Gasteiger partial charge in [-0.15, -0.1) is 0 Å². The molecule has 0 saturated carbocycles. The maximum absolute atomic E-state index is 15.0. The fraction of sp³-hybridized carbons (Fsp3) is 0.438. The van der Waals surface area contributed by atoms with Crippen LogP contribution in [0.5, 0.6) is 17.2 Å². The summed E-state index contributed by atoms with van der Waals surface area (Å²) in [5.74, 6) is 1.91. The number of halogens is 1. The number of aryl methyl sites for hydroxylation is 1. The van der Waals surface area contributed by atoms with Gasteiger partial charge < -0.3 is 19.5 Å². The first-order valence-electron chi connectivity index (χ1n) is 13.6. The molecule has 3 aromatic carbocycles. The van der Waals surface area contributed by atoms with Crippen LogP contribution in [-0.4, -0.2) is 44.4 Å². The first kappa shape index (κ1) is 27.8. The van der Waals surface area contributed by atoms with Gasteiger partial charge in [-0.1, -0.05) is 12.1 Å². The number of nitrogens with one attached hydrogen (secondary N) is 1. The Morgan fingerprint density at radius 1 is 0.895 bits per heavy atom. The third-order valence-electron chi connectivity index (χ3n) is 7.49. The number of hydrogen-bond acceptors (Lipinski definition) is 5. The number of ether oxygens (including phenoxy) is 3. The van der Waals surface area contributed by atoms with Crippen molar-refractivity contribution in [2.45, 2.75) is 65.0 Å². The molecular weight excluding hydrogens is 479 g/mol. The summed E-state index contributed by atoms with van der Waals surface area (Å²) in [4.78, 5) is 2.33. The predicted molar refractivity (Wildman–Crippen MR) is 153 cm³/mol. The molecule has 0 bridgehead atoms. The summed E-state index contributed by atoms with van der Waals surface area (Å²) in [6.07, 6.45) is 2.98. The van der Waals surface area contributed by atoms with Gasteiger partial charge in [-0.25, -0.2) is 4.39 Å². The van der Waals surface area contributed by atoms with E-state index in [-0.39, 0.29) is 11.6 Å². The second kappa shape index (κ2) is 12.5. The lowest BCUT2D eigenvalue weighted by molar-refractivity contribution is 0.140. The number of nitrogens with zero attached hydrogens (tertiary/aromatic N) is 1.